The van der Waals surface area contributed by atoms with E-state index >= 15 is 0 Å². The van der Waals surface area contributed by atoms with E-state index in [0.29, 0.717) is 32.1 Å². The highest BCUT2D eigenvalue weighted by Crippen LogP contribution is 2.75. The summed E-state index contributed by atoms with van der Waals surface area (Å²) >= 11 is 0. The molecule has 5 aliphatic heterocycles. The number of hydrogen-bond acceptors (Lipinski definition) is 27. The molecular weight excluding hydrogens is 1150 g/mol. The highest BCUT2D eigenvalue weighted by Gasteiger charge is 2.70. The average molecular weight is 1260 g/mol. The molecule has 5 heterocycles. The maximum absolute atomic E-state index is 12.8. The Morgan fingerprint density at radius 3 is 1.72 bits per heavy atom. The van der Waals surface area contributed by atoms with Gasteiger partial charge in [-0.05, 0) is 106 Å². The molecule has 0 aromatic heterocycles. The third kappa shape index (κ3) is 13.0. The van der Waals surface area contributed by atoms with Crippen LogP contribution in [0, 0.1) is 45.3 Å². The molecule has 17 N–H and O–H groups in total. The minimum atomic E-state index is -2.05. The standard InChI is InChI=1S/C60H102O27/c1-25(27-15-17-58(6)35-12-10-28-29(60(35,8)36(66)20-59(27,58)7)11-14-37(56(28,2)3)84-52-46(74)42(70)40(68)32(21-61)81-52)9-13-38(57(4,5)77)85-55-50(44(72)39(67)31(80-55)16-18-78-51-30(65)19-26(64)24-79-51)87-54-48(76)45(73)49(34(23-63)83-54)86-53-47(75)43(71)41(69)33(22-62)82-53/h10,25-27,29-55,61-77H,9,11-24H2,1-8H3/t25-,26+,27?,29?,30-,31-,32-,33-,34+,35?,36-,37+,38-,39-,40-,41-,42+,43+,44+,45+,46-,47-,48+,49+,50-,51+,52+,53-,54-,55+,58+,59-,60+/m1/s1. The molecule has 0 aromatic rings. The SMILES string of the molecule is C[C@H](CC[C@@H](O[C@@H]1O[C@H](CCO[C@H]2OC[C@@H](O)C[C@H]2O)[C@@H](O)[C@H](O)[C@H]1O[C@H]1O[C@@H](CO)[C@H](O[C@H]2O[C@H](CO)[C@@H](O)[C@H](O)[C@H]2O)[C@@H](O)[C@@H]1O)C(C)(C)O)C1CC[C@@]2(C)C3CC=C4C(CC[C@H](O[C@@H]5O[C@H](CO)[C@@H](O)[C@H](O)[C@H]5O)C4(C)C)[C@]3(C)[C@H](O)C[C@]12C. The summed E-state index contributed by atoms with van der Waals surface area (Å²) in [7, 11) is 0. The molecule has 27 nitrogen and oxygen atoms in total. The van der Waals surface area contributed by atoms with Gasteiger partial charge in [0.25, 0.3) is 0 Å². The molecular formula is C60H102O27. The van der Waals surface area contributed by atoms with Crippen LogP contribution >= 0.6 is 0 Å². The van der Waals surface area contributed by atoms with Crippen molar-refractivity contribution in [1.82, 2.24) is 0 Å². The molecule has 9 aliphatic rings. The van der Waals surface area contributed by atoms with Crippen LogP contribution in [0.2, 0.25) is 0 Å². The van der Waals surface area contributed by atoms with E-state index in [1.54, 1.807) is 13.8 Å². The quantitative estimate of drug-likeness (QED) is 0.0530. The molecule has 33 atom stereocenters. The number of hydrogen-bond donors (Lipinski definition) is 17. The molecule has 504 valence electrons. The second-order valence-corrected chi connectivity index (χ2v) is 28.5. The molecule has 0 radical (unpaired) electrons. The smallest absolute Gasteiger partial charge is 0.187 e. The van der Waals surface area contributed by atoms with Crippen molar-refractivity contribution in [2.24, 2.45) is 45.3 Å². The van der Waals surface area contributed by atoms with Crippen molar-refractivity contribution in [3.63, 3.8) is 0 Å². The highest BCUT2D eigenvalue weighted by atomic mass is 16.8. The Bertz CT molecular complexity index is 2270. The third-order valence-corrected chi connectivity index (χ3v) is 22.6. The fourth-order valence-electron chi connectivity index (χ4n) is 17.0. The summed E-state index contributed by atoms with van der Waals surface area (Å²) < 4.78 is 59.8. The molecule has 87 heavy (non-hydrogen) atoms. The van der Waals surface area contributed by atoms with E-state index in [0.717, 1.165) is 18.4 Å². The normalized spacial score (nSPS) is 51.0. The Hall–Kier alpha value is -1.34. The molecule has 8 fully saturated rings. The lowest BCUT2D eigenvalue weighted by molar-refractivity contribution is -0.389. The van der Waals surface area contributed by atoms with Gasteiger partial charge in [-0.3, -0.25) is 0 Å². The van der Waals surface area contributed by atoms with Crippen molar-refractivity contribution >= 4 is 0 Å². The van der Waals surface area contributed by atoms with Crippen LogP contribution in [-0.4, -0.2) is 285 Å². The zero-order chi connectivity index (χ0) is 63.8. The van der Waals surface area contributed by atoms with Gasteiger partial charge in [0.2, 0.25) is 0 Å². The molecule has 0 bridgehead atoms. The summed E-state index contributed by atoms with van der Waals surface area (Å²) in [5.41, 5.74) is -2.11. The van der Waals surface area contributed by atoms with E-state index in [4.69, 9.17) is 47.4 Å². The van der Waals surface area contributed by atoms with Crippen LogP contribution in [0.15, 0.2) is 11.6 Å². The van der Waals surface area contributed by atoms with Gasteiger partial charge in [0.1, 0.15) is 97.7 Å². The lowest BCUT2D eigenvalue weighted by Gasteiger charge is -2.67. The molecule has 4 aliphatic carbocycles. The highest BCUT2D eigenvalue weighted by molar-refractivity contribution is 5.32. The van der Waals surface area contributed by atoms with E-state index < -0.39 is 196 Å². The number of ether oxygens (including phenoxy) is 10. The first-order valence-electron chi connectivity index (χ1n) is 31.4. The van der Waals surface area contributed by atoms with Crippen LogP contribution in [-0.2, 0) is 47.4 Å². The summed E-state index contributed by atoms with van der Waals surface area (Å²) in [6.07, 6.45) is -31.5. The van der Waals surface area contributed by atoms with Gasteiger partial charge in [0.15, 0.2) is 31.5 Å². The monoisotopic (exact) mass is 1250 g/mol. The van der Waals surface area contributed by atoms with Crippen molar-refractivity contribution < 1.29 is 134 Å². The molecule has 0 aromatic carbocycles. The fourth-order valence-corrected chi connectivity index (χ4v) is 17.0. The summed E-state index contributed by atoms with van der Waals surface area (Å²) in [6.45, 7) is 13.8. The molecule has 3 saturated carbocycles. The number of fused-ring (bicyclic) bond motifs is 5. The minimum Gasteiger partial charge on any atom is -0.394 e. The van der Waals surface area contributed by atoms with Crippen molar-refractivity contribution in [2.45, 2.75) is 285 Å². The van der Waals surface area contributed by atoms with Crippen molar-refractivity contribution in [3.05, 3.63) is 11.6 Å². The van der Waals surface area contributed by atoms with E-state index in [-0.39, 0.29) is 67.0 Å². The number of aliphatic hydroxyl groups excluding tert-OH is 16. The number of rotatable bonds is 20. The predicted octanol–water partition coefficient (Wildman–Crippen LogP) is -3.35. The topological polar surface area (TPSA) is 436 Å². The van der Waals surface area contributed by atoms with Gasteiger partial charge in [-0.15, -0.1) is 0 Å². The van der Waals surface area contributed by atoms with Gasteiger partial charge >= 0.3 is 0 Å². The third-order valence-electron chi connectivity index (χ3n) is 22.6. The van der Waals surface area contributed by atoms with Crippen LogP contribution in [0.4, 0.5) is 0 Å². The number of allylic oxidation sites excluding steroid dienone is 1. The lowest BCUT2D eigenvalue weighted by Crippen LogP contribution is -2.66. The maximum Gasteiger partial charge on any atom is 0.187 e. The Balaban J connectivity index is 0.905. The second-order valence-electron chi connectivity index (χ2n) is 28.5. The molecule has 3 unspecified atom stereocenters. The van der Waals surface area contributed by atoms with E-state index in [1.165, 1.54) is 0 Å². The zero-order valence-electron chi connectivity index (χ0n) is 51.2. The lowest BCUT2D eigenvalue weighted by atomic mass is 9.38. The van der Waals surface area contributed by atoms with Gasteiger partial charge < -0.3 is 134 Å². The molecule has 0 spiro atoms. The second kappa shape index (κ2) is 27.2. The van der Waals surface area contributed by atoms with Crippen molar-refractivity contribution in [3.8, 4) is 0 Å². The predicted molar refractivity (Wildman–Crippen MR) is 297 cm³/mol. The van der Waals surface area contributed by atoms with Crippen LogP contribution < -0.4 is 0 Å². The van der Waals surface area contributed by atoms with Gasteiger partial charge in [0, 0.05) is 17.3 Å². The summed E-state index contributed by atoms with van der Waals surface area (Å²) in [4.78, 5) is 0. The van der Waals surface area contributed by atoms with E-state index in [9.17, 15) is 86.8 Å². The summed E-state index contributed by atoms with van der Waals surface area (Å²) in [5.74, 6) is 0.197. The maximum atomic E-state index is 12.8. The van der Waals surface area contributed by atoms with Gasteiger partial charge in [-0.25, -0.2) is 0 Å². The first kappa shape index (κ1) is 70.0. The van der Waals surface area contributed by atoms with Crippen LogP contribution in [0.3, 0.4) is 0 Å². The Kier molecular flexibility index (Phi) is 21.9. The summed E-state index contributed by atoms with van der Waals surface area (Å²) in [6, 6.07) is 0. The Labute approximate surface area is 507 Å². The van der Waals surface area contributed by atoms with Crippen molar-refractivity contribution in [1.29, 1.82) is 0 Å². The molecule has 27 heteroatoms. The first-order valence-corrected chi connectivity index (χ1v) is 31.4. The first-order chi connectivity index (χ1) is 40.8. The fraction of sp³-hybridized carbons (Fsp3) is 0.967. The number of aliphatic hydroxyl groups is 17. The average Bonchev–Trinajstić information content (AvgIpc) is 1.67. The minimum absolute atomic E-state index is 0.00101. The van der Waals surface area contributed by atoms with Crippen molar-refractivity contribution in [2.75, 3.05) is 33.0 Å². The summed E-state index contributed by atoms with van der Waals surface area (Å²) in [5, 5.41) is 185. The largest absolute Gasteiger partial charge is 0.394 e. The van der Waals surface area contributed by atoms with Gasteiger partial charge in [-0.1, -0.05) is 53.2 Å². The van der Waals surface area contributed by atoms with Crippen LogP contribution in [0.5, 0.6) is 0 Å². The van der Waals surface area contributed by atoms with Gasteiger partial charge in [-0.2, -0.15) is 0 Å². The van der Waals surface area contributed by atoms with Gasteiger partial charge in [0.05, 0.1) is 69.2 Å². The zero-order valence-corrected chi connectivity index (χ0v) is 51.2. The molecule has 5 saturated heterocycles. The Morgan fingerprint density at radius 1 is 0.598 bits per heavy atom. The molecule has 0 amide bonds. The van der Waals surface area contributed by atoms with E-state index in [1.807, 2.05) is 0 Å². The Morgan fingerprint density at radius 2 is 1.14 bits per heavy atom. The van der Waals surface area contributed by atoms with Crippen LogP contribution in [0.25, 0.3) is 0 Å². The van der Waals surface area contributed by atoms with Crippen LogP contribution in [0.1, 0.15) is 120 Å². The molecule has 9 rings (SSSR count). The van der Waals surface area contributed by atoms with E-state index in [2.05, 4.69) is 47.6 Å².